The fourth-order valence-corrected chi connectivity index (χ4v) is 2.15. The first-order valence-corrected chi connectivity index (χ1v) is 6.23. The Morgan fingerprint density at radius 3 is 2.60 bits per heavy atom. The summed E-state index contributed by atoms with van der Waals surface area (Å²) in [6.45, 7) is 1.95. The van der Waals surface area contributed by atoms with E-state index in [0.29, 0.717) is 0 Å². The van der Waals surface area contributed by atoms with Crippen molar-refractivity contribution >= 4 is 17.0 Å². The van der Waals surface area contributed by atoms with E-state index in [4.69, 9.17) is 4.74 Å². The molecular formula is C14H15N5O. The summed E-state index contributed by atoms with van der Waals surface area (Å²) in [7, 11) is 3.62. The number of hydrogen-bond donors (Lipinski definition) is 0. The summed E-state index contributed by atoms with van der Waals surface area (Å²) in [5.41, 5.74) is 2.83. The Morgan fingerprint density at radius 2 is 1.90 bits per heavy atom. The molecule has 3 aromatic rings. The van der Waals surface area contributed by atoms with E-state index in [9.17, 15) is 0 Å². The quantitative estimate of drug-likeness (QED) is 0.729. The van der Waals surface area contributed by atoms with Crippen molar-refractivity contribution in [2.45, 2.75) is 6.92 Å². The van der Waals surface area contributed by atoms with Crippen molar-refractivity contribution in [1.29, 1.82) is 0 Å². The highest BCUT2D eigenvalue weighted by atomic mass is 16.5. The predicted octanol–water partition coefficient (Wildman–Crippen LogP) is 2.21. The van der Waals surface area contributed by atoms with Crippen molar-refractivity contribution < 1.29 is 4.74 Å². The monoisotopic (exact) mass is 269 g/mol. The van der Waals surface area contributed by atoms with Gasteiger partial charge in [0.15, 0.2) is 5.82 Å². The summed E-state index contributed by atoms with van der Waals surface area (Å²) < 4.78 is 6.91. The molecule has 2 aromatic heterocycles. The zero-order valence-electron chi connectivity index (χ0n) is 11.6. The lowest BCUT2D eigenvalue weighted by Crippen LogP contribution is -2.13. The zero-order valence-corrected chi connectivity index (χ0v) is 11.6. The lowest BCUT2D eigenvalue weighted by molar-refractivity contribution is 0.415. The van der Waals surface area contributed by atoms with Crippen LogP contribution in [0.15, 0.2) is 36.9 Å². The Balaban J connectivity index is 2.07. The van der Waals surface area contributed by atoms with E-state index in [2.05, 4.69) is 15.1 Å². The molecule has 6 heteroatoms. The number of ether oxygens (including phenoxy) is 1. The second kappa shape index (κ2) is 4.80. The number of nitrogens with zero attached hydrogens (tertiary/aromatic N) is 5. The standard InChI is InChI=1S/C14H15N5O/c1-10-13-14(15-8-17-19(13)9-16-10)18(2)11-4-6-12(20-3)7-5-11/h4-9H,1-3H3. The number of hydrogen-bond acceptors (Lipinski definition) is 5. The van der Waals surface area contributed by atoms with Gasteiger partial charge in [-0.05, 0) is 31.2 Å². The van der Waals surface area contributed by atoms with E-state index in [1.807, 2.05) is 43.1 Å². The first-order chi connectivity index (χ1) is 9.70. The minimum Gasteiger partial charge on any atom is -0.497 e. The molecule has 0 unspecified atom stereocenters. The van der Waals surface area contributed by atoms with Gasteiger partial charge >= 0.3 is 0 Å². The Kier molecular flexibility index (Phi) is 2.98. The van der Waals surface area contributed by atoms with Crippen LogP contribution in [0.5, 0.6) is 5.75 Å². The molecule has 3 rings (SSSR count). The molecule has 20 heavy (non-hydrogen) atoms. The molecule has 0 spiro atoms. The first-order valence-electron chi connectivity index (χ1n) is 6.23. The molecule has 102 valence electrons. The lowest BCUT2D eigenvalue weighted by Gasteiger charge is -2.19. The molecule has 0 amide bonds. The number of imidazole rings is 1. The van der Waals surface area contributed by atoms with Crippen molar-refractivity contribution in [3.63, 3.8) is 0 Å². The van der Waals surface area contributed by atoms with E-state index >= 15 is 0 Å². The lowest BCUT2D eigenvalue weighted by atomic mass is 10.2. The Morgan fingerprint density at radius 1 is 1.15 bits per heavy atom. The highest BCUT2D eigenvalue weighted by molar-refractivity contribution is 5.76. The van der Waals surface area contributed by atoms with Crippen LogP contribution in [0.2, 0.25) is 0 Å². The van der Waals surface area contributed by atoms with Crippen molar-refractivity contribution in [1.82, 2.24) is 19.6 Å². The van der Waals surface area contributed by atoms with Gasteiger partial charge in [-0.2, -0.15) is 5.10 Å². The van der Waals surface area contributed by atoms with Gasteiger partial charge in [0.25, 0.3) is 0 Å². The summed E-state index contributed by atoms with van der Waals surface area (Å²) in [6, 6.07) is 7.83. The molecule has 0 radical (unpaired) electrons. The van der Waals surface area contributed by atoms with Crippen LogP contribution in [0.25, 0.3) is 5.52 Å². The minimum absolute atomic E-state index is 0.820. The van der Waals surface area contributed by atoms with Gasteiger partial charge < -0.3 is 9.64 Å². The van der Waals surface area contributed by atoms with E-state index in [-0.39, 0.29) is 0 Å². The molecular weight excluding hydrogens is 254 g/mol. The van der Waals surface area contributed by atoms with Gasteiger partial charge in [-0.25, -0.2) is 14.5 Å². The highest BCUT2D eigenvalue weighted by Gasteiger charge is 2.13. The summed E-state index contributed by atoms with van der Waals surface area (Å²) in [5.74, 6) is 1.65. The van der Waals surface area contributed by atoms with E-state index in [1.165, 1.54) is 6.33 Å². The van der Waals surface area contributed by atoms with Crippen LogP contribution < -0.4 is 9.64 Å². The van der Waals surface area contributed by atoms with Crippen molar-refractivity contribution in [3.05, 3.63) is 42.6 Å². The van der Waals surface area contributed by atoms with Gasteiger partial charge in [-0.15, -0.1) is 0 Å². The first kappa shape index (κ1) is 12.4. The van der Waals surface area contributed by atoms with Gasteiger partial charge in [-0.3, -0.25) is 0 Å². The smallest absolute Gasteiger partial charge is 0.162 e. The SMILES string of the molecule is COc1ccc(N(C)c2ncnn3cnc(C)c23)cc1. The van der Waals surface area contributed by atoms with Crippen LogP contribution >= 0.6 is 0 Å². The van der Waals surface area contributed by atoms with E-state index < -0.39 is 0 Å². The predicted molar refractivity (Wildman–Crippen MR) is 76.6 cm³/mol. The second-order valence-electron chi connectivity index (χ2n) is 4.46. The normalized spacial score (nSPS) is 10.8. The van der Waals surface area contributed by atoms with E-state index in [1.54, 1.807) is 18.0 Å². The number of rotatable bonds is 3. The summed E-state index contributed by atoms with van der Waals surface area (Å²) in [4.78, 5) is 10.7. The molecule has 0 fully saturated rings. The number of fused-ring (bicyclic) bond motifs is 1. The Labute approximate surface area is 116 Å². The van der Waals surface area contributed by atoms with Crippen molar-refractivity contribution in [2.75, 3.05) is 19.1 Å². The zero-order chi connectivity index (χ0) is 14.1. The molecule has 2 heterocycles. The number of aryl methyl sites for hydroxylation is 1. The number of anilines is 2. The molecule has 0 saturated carbocycles. The maximum absolute atomic E-state index is 5.17. The Hall–Kier alpha value is -2.63. The van der Waals surface area contributed by atoms with E-state index in [0.717, 1.165) is 28.5 Å². The largest absolute Gasteiger partial charge is 0.497 e. The highest BCUT2D eigenvalue weighted by Crippen LogP contribution is 2.27. The molecule has 0 aliphatic heterocycles. The van der Waals surface area contributed by atoms with Crippen LogP contribution in [0, 0.1) is 6.92 Å². The number of aromatic nitrogens is 4. The second-order valence-corrected chi connectivity index (χ2v) is 4.46. The number of benzene rings is 1. The molecule has 0 atom stereocenters. The molecule has 0 aliphatic rings. The van der Waals surface area contributed by atoms with Gasteiger partial charge in [0.05, 0.1) is 12.8 Å². The fourth-order valence-electron chi connectivity index (χ4n) is 2.15. The minimum atomic E-state index is 0.820. The summed E-state index contributed by atoms with van der Waals surface area (Å²) >= 11 is 0. The van der Waals surface area contributed by atoms with Crippen molar-refractivity contribution in [3.8, 4) is 5.75 Å². The molecule has 6 nitrogen and oxygen atoms in total. The molecule has 0 N–H and O–H groups in total. The molecule has 0 aliphatic carbocycles. The maximum Gasteiger partial charge on any atom is 0.162 e. The summed E-state index contributed by atoms with van der Waals surface area (Å²) in [5, 5.41) is 4.16. The number of methoxy groups -OCH3 is 1. The van der Waals surface area contributed by atoms with Crippen LogP contribution in [0.4, 0.5) is 11.5 Å². The fraction of sp³-hybridized carbons (Fsp3) is 0.214. The van der Waals surface area contributed by atoms with Crippen molar-refractivity contribution in [2.24, 2.45) is 0 Å². The average molecular weight is 269 g/mol. The topological polar surface area (TPSA) is 55.5 Å². The third-order valence-corrected chi connectivity index (χ3v) is 3.28. The molecule has 0 bridgehead atoms. The van der Waals surface area contributed by atoms with Crippen LogP contribution in [-0.4, -0.2) is 33.7 Å². The maximum atomic E-state index is 5.17. The average Bonchev–Trinajstić information content (AvgIpc) is 2.88. The third-order valence-electron chi connectivity index (χ3n) is 3.28. The summed E-state index contributed by atoms with van der Waals surface area (Å²) in [6.07, 6.45) is 3.22. The Bertz CT molecular complexity index is 735. The van der Waals surface area contributed by atoms with Gasteiger partial charge in [0.2, 0.25) is 0 Å². The van der Waals surface area contributed by atoms with Crippen LogP contribution in [0.3, 0.4) is 0 Å². The van der Waals surface area contributed by atoms with Crippen LogP contribution in [0.1, 0.15) is 5.69 Å². The van der Waals surface area contributed by atoms with Gasteiger partial charge in [0.1, 0.15) is 23.9 Å². The van der Waals surface area contributed by atoms with Crippen LogP contribution in [-0.2, 0) is 0 Å². The third kappa shape index (κ3) is 1.95. The van der Waals surface area contributed by atoms with Gasteiger partial charge in [-0.1, -0.05) is 0 Å². The molecule has 1 aromatic carbocycles. The molecule has 0 saturated heterocycles. The van der Waals surface area contributed by atoms with Gasteiger partial charge in [0, 0.05) is 12.7 Å².